The Labute approximate surface area is 187 Å². The maximum absolute atomic E-state index is 14.2. The van der Waals surface area contributed by atoms with Crippen LogP contribution in [0.3, 0.4) is 0 Å². The van der Waals surface area contributed by atoms with E-state index >= 15 is 0 Å². The Morgan fingerprint density at radius 1 is 1.19 bits per heavy atom. The molecule has 3 heterocycles. The molecular weight excluding hydrogens is 463 g/mol. The number of hydrogen-bond acceptors (Lipinski definition) is 4. The fourth-order valence-corrected chi connectivity index (χ4v) is 3.79. The molecule has 0 saturated carbocycles. The molecular formula is C23H20BrFN4O2. The predicted molar refractivity (Wildman–Crippen MR) is 120 cm³/mol. The number of fused-ring (bicyclic) bond motifs is 1. The van der Waals surface area contributed by atoms with Crippen molar-refractivity contribution in [3.63, 3.8) is 0 Å². The molecule has 0 spiro atoms. The van der Waals surface area contributed by atoms with Gasteiger partial charge in [0.05, 0.1) is 18.4 Å². The van der Waals surface area contributed by atoms with Crippen LogP contribution in [0.1, 0.15) is 15.9 Å². The number of ether oxygens (including phenoxy) is 1. The van der Waals surface area contributed by atoms with Gasteiger partial charge < -0.3 is 14.0 Å². The second kappa shape index (κ2) is 8.85. The van der Waals surface area contributed by atoms with Gasteiger partial charge in [-0.15, -0.1) is 0 Å². The van der Waals surface area contributed by atoms with Crippen molar-refractivity contribution < 1.29 is 13.9 Å². The zero-order valence-electron chi connectivity index (χ0n) is 17.0. The average Bonchev–Trinajstić information content (AvgIpc) is 3.21. The molecule has 8 heteroatoms. The number of amides is 1. The SMILES string of the molecule is COc1ccc(-c2cn3cc(Br)cc(C(=O)N(C)CCc4ccncc4)c3n2)cc1F. The van der Waals surface area contributed by atoms with Crippen LogP contribution in [0.25, 0.3) is 16.9 Å². The van der Waals surface area contributed by atoms with Crippen LogP contribution in [0.5, 0.6) is 5.75 Å². The average molecular weight is 483 g/mol. The number of methoxy groups -OCH3 is 1. The minimum Gasteiger partial charge on any atom is -0.494 e. The molecule has 0 atom stereocenters. The monoisotopic (exact) mass is 482 g/mol. The smallest absolute Gasteiger partial charge is 0.257 e. The second-order valence-electron chi connectivity index (χ2n) is 7.11. The highest BCUT2D eigenvalue weighted by Gasteiger charge is 2.19. The summed E-state index contributed by atoms with van der Waals surface area (Å²) in [6, 6.07) is 10.3. The summed E-state index contributed by atoms with van der Waals surface area (Å²) in [5.74, 6) is -0.439. The molecule has 158 valence electrons. The lowest BCUT2D eigenvalue weighted by atomic mass is 10.1. The van der Waals surface area contributed by atoms with E-state index < -0.39 is 5.82 Å². The number of imidazole rings is 1. The molecule has 0 saturated heterocycles. The number of carbonyl (C=O) groups is 1. The number of pyridine rings is 2. The van der Waals surface area contributed by atoms with Gasteiger partial charge in [0.15, 0.2) is 11.6 Å². The quantitative estimate of drug-likeness (QED) is 0.402. The van der Waals surface area contributed by atoms with E-state index in [1.165, 1.54) is 13.2 Å². The van der Waals surface area contributed by atoms with Gasteiger partial charge in [0, 0.05) is 48.4 Å². The van der Waals surface area contributed by atoms with Crippen molar-refractivity contribution in [2.45, 2.75) is 6.42 Å². The van der Waals surface area contributed by atoms with Gasteiger partial charge in [0.2, 0.25) is 0 Å². The molecule has 4 aromatic rings. The minimum atomic E-state index is -0.467. The van der Waals surface area contributed by atoms with E-state index in [0.29, 0.717) is 29.0 Å². The number of benzene rings is 1. The van der Waals surface area contributed by atoms with Crippen LogP contribution < -0.4 is 4.74 Å². The van der Waals surface area contributed by atoms with Crippen LogP contribution in [0.15, 0.2) is 65.7 Å². The van der Waals surface area contributed by atoms with Gasteiger partial charge in [0.25, 0.3) is 5.91 Å². The summed E-state index contributed by atoms with van der Waals surface area (Å²) in [4.78, 5) is 23.5. The van der Waals surface area contributed by atoms with Crippen LogP contribution in [0.2, 0.25) is 0 Å². The molecule has 1 amide bonds. The second-order valence-corrected chi connectivity index (χ2v) is 8.03. The molecule has 0 bridgehead atoms. The third kappa shape index (κ3) is 4.44. The molecule has 0 unspecified atom stereocenters. The zero-order chi connectivity index (χ0) is 22.0. The zero-order valence-corrected chi connectivity index (χ0v) is 18.6. The lowest BCUT2D eigenvalue weighted by Crippen LogP contribution is -2.29. The highest BCUT2D eigenvalue weighted by Crippen LogP contribution is 2.27. The predicted octanol–water partition coefficient (Wildman–Crippen LogP) is 4.62. The van der Waals surface area contributed by atoms with Crippen LogP contribution in [0, 0.1) is 5.82 Å². The van der Waals surface area contributed by atoms with Crippen molar-refractivity contribution in [2.24, 2.45) is 0 Å². The van der Waals surface area contributed by atoms with E-state index in [9.17, 15) is 9.18 Å². The summed E-state index contributed by atoms with van der Waals surface area (Å²) in [6.45, 7) is 0.554. The Bertz CT molecular complexity index is 1240. The van der Waals surface area contributed by atoms with Gasteiger partial charge in [-0.2, -0.15) is 0 Å². The van der Waals surface area contributed by atoms with Crippen molar-refractivity contribution in [2.75, 3.05) is 20.7 Å². The van der Waals surface area contributed by atoms with Gasteiger partial charge in [-0.05, 0) is 64.3 Å². The molecule has 3 aromatic heterocycles. The lowest BCUT2D eigenvalue weighted by molar-refractivity contribution is 0.0798. The lowest BCUT2D eigenvalue weighted by Gasteiger charge is -2.17. The molecule has 0 N–H and O–H groups in total. The Morgan fingerprint density at radius 3 is 2.68 bits per heavy atom. The first-order valence-corrected chi connectivity index (χ1v) is 10.4. The maximum atomic E-state index is 14.2. The summed E-state index contributed by atoms with van der Waals surface area (Å²) in [5, 5.41) is 0. The molecule has 1 aromatic carbocycles. The van der Waals surface area contributed by atoms with E-state index in [-0.39, 0.29) is 11.7 Å². The number of aromatic nitrogens is 3. The van der Waals surface area contributed by atoms with Gasteiger partial charge in [-0.3, -0.25) is 9.78 Å². The molecule has 0 aliphatic rings. The fourth-order valence-electron chi connectivity index (χ4n) is 3.34. The van der Waals surface area contributed by atoms with Gasteiger partial charge in [-0.25, -0.2) is 9.37 Å². The number of likely N-dealkylation sites (N-methyl/N-ethyl adjacent to an activating group) is 1. The van der Waals surface area contributed by atoms with Gasteiger partial charge >= 0.3 is 0 Å². The van der Waals surface area contributed by atoms with Crippen molar-refractivity contribution >= 4 is 27.5 Å². The molecule has 0 radical (unpaired) electrons. The summed E-state index contributed by atoms with van der Waals surface area (Å²) >= 11 is 3.47. The first-order valence-electron chi connectivity index (χ1n) is 9.63. The third-order valence-electron chi connectivity index (χ3n) is 5.03. The topological polar surface area (TPSA) is 59.7 Å². The van der Waals surface area contributed by atoms with Crippen LogP contribution >= 0.6 is 15.9 Å². The highest BCUT2D eigenvalue weighted by atomic mass is 79.9. The molecule has 0 fully saturated rings. The molecule has 4 rings (SSSR count). The third-order valence-corrected chi connectivity index (χ3v) is 5.46. The van der Waals surface area contributed by atoms with E-state index in [2.05, 4.69) is 25.9 Å². The normalized spacial score (nSPS) is 11.0. The fraction of sp³-hybridized carbons (Fsp3) is 0.174. The van der Waals surface area contributed by atoms with Crippen LogP contribution in [-0.2, 0) is 6.42 Å². The first kappa shape index (κ1) is 21.0. The highest BCUT2D eigenvalue weighted by molar-refractivity contribution is 9.10. The Hall–Kier alpha value is -3.26. The molecule has 31 heavy (non-hydrogen) atoms. The van der Waals surface area contributed by atoms with Gasteiger partial charge in [0.1, 0.15) is 5.65 Å². The van der Waals surface area contributed by atoms with E-state index in [1.807, 2.05) is 18.3 Å². The number of hydrogen-bond donors (Lipinski definition) is 0. The summed E-state index contributed by atoms with van der Waals surface area (Å²) < 4.78 is 21.7. The summed E-state index contributed by atoms with van der Waals surface area (Å²) in [7, 11) is 3.19. The first-order chi connectivity index (χ1) is 15.0. The minimum absolute atomic E-state index is 0.140. The standard InChI is InChI=1S/C23H20BrFN4O2/c1-28(10-7-15-5-8-26-9-6-15)23(30)18-12-17(24)13-29-14-20(27-22(18)29)16-3-4-21(31-2)19(25)11-16/h3-6,8-9,11-14H,7,10H2,1-2H3. The van der Waals surface area contributed by atoms with Crippen molar-refractivity contribution in [3.8, 4) is 17.0 Å². The van der Waals surface area contributed by atoms with E-state index in [0.717, 1.165) is 16.5 Å². The van der Waals surface area contributed by atoms with Crippen molar-refractivity contribution in [3.05, 3.63) is 82.6 Å². The number of rotatable bonds is 6. The van der Waals surface area contributed by atoms with Crippen LogP contribution in [0.4, 0.5) is 4.39 Å². The molecule has 6 nitrogen and oxygen atoms in total. The molecule has 0 aliphatic carbocycles. The van der Waals surface area contributed by atoms with Crippen molar-refractivity contribution in [1.82, 2.24) is 19.3 Å². The number of carbonyl (C=O) groups excluding carboxylic acids is 1. The maximum Gasteiger partial charge on any atom is 0.257 e. The number of halogens is 2. The Morgan fingerprint density at radius 2 is 1.97 bits per heavy atom. The van der Waals surface area contributed by atoms with E-state index in [4.69, 9.17) is 4.74 Å². The van der Waals surface area contributed by atoms with Gasteiger partial charge in [-0.1, -0.05) is 0 Å². The van der Waals surface area contributed by atoms with E-state index in [1.54, 1.807) is 53.1 Å². The Kier molecular flexibility index (Phi) is 5.99. The Balaban J connectivity index is 1.64. The van der Waals surface area contributed by atoms with Crippen LogP contribution in [-0.4, -0.2) is 45.9 Å². The molecule has 0 aliphatic heterocycles. The number of nitrogens with zero attached hydrogens (tertiary/aromatic N) is 4. The summed E-state index contributed by atoms with van der Waals surface area (Å²) in [6.07, 6.45) is 7.79. The van der Waals surface area contributed by atoms with Crippen molar-refractivity contribution in [1.29, 1.82) is 0 Å². The summed E-state index contributed by atoms with van der Waals surface area (Å²) in [5.41, 5.74) is 3.25. The largest absolute Gasteiger partial charge is 0.494 e.